The van der Waals surface area contributed by atoms with Crippen molar-refractivity contribution in [1.82, 2.24) is 0 Å². The van der Waals surface area contributed by atoms with Crippen LogP contribution >= 0.6 is 22.9 Å². The minimum Gasteiger partial charge on any atom is -0.146 e. The number of hydrogen-bond acceptors (Lipinski definition) is 1. The maximum absolute atomic E-state index is 5.99. The van der Waals surface area contributed by atoms with E-state index in [9.17, 15) is 0 Å². The van der Waals surface area contributed by atoms with Crippen LogP contribution in [0, 0.1) is 25.2 Å². The fourth-order valence-electron chi connectivity index (χ4n) is 2.61. The SMILES string of the molecule is Cc1cc(C2C(CCl)C2(C)C)c(C)s1. The second kappa shape index (κ2) is 3.24. The van der Waals surface area contributed by atoms with E-state index in [1.54, 1.807) is 5.56 Å². The Balaban J connectivity index is 2.30. The lowest BCUT2D eigenvalue weighted by Gasteiger charge is -2.01. The zero-order valence-electron chi connectivity index (χ0n) is 9.23. The Bertz CT molecular complexity index is 351. The average Bonchev–Trinajstić information content (AvgIpc) is 2.46. The zero-order valence-corrected chi connectivity index (χ0v) is 10.8. The molecule has 78 valence electrons. The monoisotopic (exact) mass is 228 g/mol. The van der Waals surface area contributed by atoms with Gasteiger partial charge in [-0.1, -0.05) is 13.8 Å². The van der Waals surface area contributed by atoms with Crippen LogP contribution in [0.1, 0.15) is 35.1 Å². The summed E-state index contributed by atoms with van der Waals surface area (Å²) >= 11 is 7.90. The van der Waals surface area contributed by atoms with Gasteiger partial charge >= 0.3 is 0 Å². The summed E-state index contributed by atoms with van der Waals surface area (Å²) in [4.78, 5) is 2.90. The zero-order chi connectivity index (χ0) is 10.5. The van der Waals surface area contributed by atoms with Gasteiger partial charge in [0.1, 0.15) is 0 Å². The molecule has 1 heterocycles. The first-order chi connectivity index (χ1) is 6.48. The number of hydrogen-bond donors (Lipinski definition) is 0. The molecule has 0 aromatic carbocycles. The average molecular weight is 229 g/mol. The van der Waals surface area contributed by atoms with E-state index in [0.29, 0.717) is 17.3 Å². The first-order valence-electron chi connectivity index (χ1n) is 5.11. The smallest absolute Gasteiger partial charge is 0.0263 e. The summed E-state index contributed by atoms with van der Waals surface area (Å²) in [5.41, 5.74) is 1.96. The van der Waals surface area contributed by atoms with E-state index in [0.717, 1.165) is 5.88 Å². The van der Waals surface area contributed by atoms with Crippen LogP contribution in [0.3, 0.4) is 0 Å². The van der Waals surface area contributed by atoms with Crippen molar-refractivity contribution >= 4 is 22.9 Å². The summed E-state index contributed by atoms with van der Waals surface area (Å²) in [5, 5.41) is 0. The molecule has 2 heteroatoms. The van der Waals surface area contributed by atoms with Gasteiger partial charge in [0.05, 0.1) is 0 Å². The lowest BCUT2D eigenvalue weighted by molar-refractivity contribution is 0.577. The third-order valence-corrected chi connectivity index (χ3v) is 4.95. The number of aryl methyl sites for hydroxylation is 2. The summed E-state index contributed by atoms with van der Waals surface area (Å²) in [5.74, 6) is 2.17. The molecule has 2 atom stereocenters. The molecule has 1 aromatic rings. The molecule has 0 bridgehead atoms. The van der Waals surface area contributed by atoms with Gasteiger partial charge in [-0.2, -0.15) is 0 Å². The van der Waals surface area contributed by atoms with Crippen molar-refractivity contribution in [2.45, 2.75) is 33.6 Å². The Labute approximate surface area is 95.3 Å². The van der Waals surface area contributed by atoms with Crippen molar-refractivity contribution in [2.75, 3.05) is 5.88 Å². The predicted octanol–water partition coefficient (Wildman–Crippen LogP) is 4.34. The first kappa shape index (κ1) is 10.5. The van der Waals surface area contributed by atoms with Gasteiger partial charge in [-0.3, -0.25) is 0 Å². The third-order valence-electron chi connectivity index (χ3n) is 3.63. The van der Waals surface area contributed by atoms with E-state index in [4.69, 9.17) is 11.6 Å². The van der Waals surface area contributed by atoms with Gasteiger partial charge in [0.25, 0.3) is 0 Å². The van der Waals surface area contributed by atoms with Crippen LogP contribution < -0.4 is 0 Å². The van der Waals surface area contributed by atoms with Crippen LogP contribution in [0.4, 0.5) is 0 Å². The van der Waals surface area contributed by atoms with E-state index in [1.807, 2.05) is 11.3 Å². The maximum Gasteiger partial charge on any atom is 0.0263 e. The Morgan fingerprint density at radius 1 is 1.43 bits per heavy atom. The molecule has 1 aromatic heterocycles. The van der Waals surface area contributed by atoms with Crippen LogP contribution in [0.25, 0.3) is 0 Å². The minimum atomic E-state index is 0.417. The molecule has 1 aliphatic carbocycles. The lowest BCUT2D eigenvalue weighted by Crippen LogP contribution is -1.90. The summed E-state index contributed by atoms with van der Waals surface area (Å²) in [6.07, 6.45) is 0. The highest BCUT2D eigenvalue weighted by molar-refractivity contribution is 7.12. The van der Waals surface area contributed by atoms with Gasteiger partial charge in [0.15, 0.2) is 0 Å². The summed E-state index contributed by atoms with van der Waals surface area (Å²) < 4.78 is 0. The van der Waals surface area contributed by atoms with E-state index in [-0.39, 0.29) is 0 Å². The predicted molar refractivity (Wildman–Crippen MR) is 64.5 cm³/mol. The maximum atomic E-state index is 5.99. The Hall–Kier alpha value is -0.0100. The second-order valence-corrected chi connectivity index (χ2v) is 6.70. The minimum absolute atomic E-state index is 0.417. The summed E-state index contributed by atoms with van der Waals surface area (Å²) in [6, 6.07) is 2.35. The fourth-order valence-corrected chi connectivity index (χ4v) is 4.16. The van der Waals surface area contributed by atoms with Gasteiger partial charge in [-0.25, -0.2) is 0 Å². The first-order valence-corrected chi connectivity index (χ1v) is 6.46. The lowest BCUT2D eigenvalue weighted by atomic mass is 10.0. The molecule has 2 unspecified atom stereocenters. The summed E-state index contributed by atoms with van der Waals surface area (Å²) in [7, 11) is 0. The highest BCUT2D eigenvalue weighted by Crippen LogP contribution is 2.65. The highest BCUT2D eigenvalue weighted by Gasteiger charge is 2.58. The number of alkyl halides is 1. The molecule has 0 saturated heterocycles. The number of rotatable bonds is 2. The Morgan fingerprint density at radius 3 is 2.43 bits per heavy atom. The van der Waals surface area contributed by atoms with Crippen LogP contribution in [-0.2, 0) is 0 Å². The van der Waals surface area contributed by atoms with Crippen molar-refractivity contribution in [3.05, 3.63) is 21.4 Å². The molecule has 0 amide bonds. The molecule has 0 radical (unpaired) electrons. The molecule has 1 saturated carbocycles. The van der Waals surface area contributed by atoms with Crippen molar-refractivity contribution in [2.24, 2.45) is 11.3 Å². The standard InChI is InChI=1S/C12H17ClS/c1-7-5-9(8(2)14-7)11-10(6-13)12(11,3)4/h5,10-11H,6H2,1-4H3. The van der Waals surface area contributed by atoms with Gasteiger partial charge < -0.3 is 0 Å². The topological polar surface area (TPSA) is 0 Å². The number of thiophene rings is 1. The van der Waals surface area contributed by atoms with Crippen LogP contribution in [0.15, 0.2) is 6.07 Å². The van der Waals surface area contributed by atoms with Gasteiger partial charge in [-0.15, -0.1) is 22.9 Å². The van der Waals surface area contributed by atoms with Gasteiger partial charge in [-0.05, 0) is 42.7 Å². The van der Waals surface area contributed by atoms with Gasteiger partial charge in [0.2, 0.25) is 0 Å². The molecule has 1 fully saturated rings. The molecule has 0 spiro atoms. The van der Waals surface area contributed by atoms with E-state index in [1.165, 1.54) is 9.75 Å². The highest BCUT2D eigenvalue weighted by atomic mass is 35.5. The van der Waals surface area contributed by atoms with E-state index < -0.39 is 0 Å². The van der Waals surface area contributed by atoms with Crippen molar-refractivity contribution < 1.29 is 0 Å². The molecule has 0 nitrogen and oxygen atoms in total. The van der Waals surface area contributed by atoms with Crippen LogP contribution in [0.5, 0.6) is 0 Å². The normalized spacial score (nSPS) is 29.2. The third kappa shape index (κ3) is 1.42. The Morgan fingerprint density at radius 2 is 2.07 bits per heavy atom. The molecule has 14 heavy (non-hydrogen) atoms. The Kier molecular flexibility index (Phi) is 2.43. The van der Waals surface area contributed by atoms with E-state index >= 15 is 0 Å². The molecular weight excluding hydrogens is 212 g/mol. The van der Waals surface area contributed by atoms with Crippen molar-refractivity contribution in [3.8, 4) is 0 Å². The fraction of sp³-hybridized carbons (Fsp3) is 0.667. The van der Waals surface area contributed by atoms with Crippen LogP contribution in [0.2, 0.25) is 0 Å². The molecule has 0 aliphatic heterocycles. The van der Waals surface area contributed by atoms with Gasteiger partial charge in [0, 0.05) is 15.6 Å². The van der Waals surface area contributed by atoms with Crippen molar-refractivity contribution in [1.29, 1.82) is 0 Å². The van der Waals surface area contributed by atoms with E-state index in [2.05, 4.69) is 33.8 Å². The summed E-state index contributed by atoms with van der Waals surface area (Å²) in [6.45, 7) is 9.08. The molecule has 2 rings (SSSR count). The molecular formula is C12H17ClS. The second-order valence-electron chi connectivity index (χ2n) is 4.93. The largest absolute Gasteiger partial charge is 0.146 e. The number of halogens is 1. The van der Waals surface area contributed by atoms with Crippen molar-refractivity contribution in [3.63, 3.8) is 0 Å². The molecule has 1 aliphatic rings. The molecule has 0 N–H and O–H groups in total. The van der Waals surface area contributed by atoms with Crippen LogP contribution in [-0.4, -0.2) is 5.88 Å². The quantitative estimate of drug-likeness (QED) is 0.661.